The fourth-order valence-electron chi connectivity index (χ4n) is 3.18. The van der Waals surface area contributed by atoms with E-state index < -0.39 is 0 Å². The predicted molar refractivity (Wildman–Crippen MR) is 108 cm³/mol. The van der Waals surface area contributed by atoms with Gasteiger partial charge in [-0.3, -0.25) is 0 Å². The van der Waals surface area contributed by atoms with E-state index in [0.717, 1.165) is 4.47 Å². The van der Waals surface area contributed by atoms with Crippen molar-refractivity contribution in [1.82, 2.24) is 5.32 Å². The third kappa shape index (κ3) is 5.27. The highest BCUT2D eigenvalue weighted by Crippen LogP contribution is 2.35. The number of benzene rings is 2. The van der Waals surface area contributed by atoms with Gasteiger partial charge in [0, 0.05) is 29.0 Å². The average Bonchev–Trinajstić information content (AvgIpc) is 2.93. The highest BCUT2D eigenvalue weighted by molar-refractivity contribution is 9.10. The van der Waals surface area contributed by atoms with E-state index in [9.17, 15) is 4.39 Å². The van der Waals surface area contributed by atoms with Gasteiger partial charge in [0.2, 0.25) is 0 Å². The lowest BCUT2D eigenvalue weighted by Gasteiger charge is -2.31. The third-order valence-corrected chi connectivity index (χ3v) is 5.27. The number of halogens is 3. The van der Waals surface area contributed by atoms with Crippen molar-refractivity contribution >= 4 is 27.5 Å². The van der Waals surface area contributed by atoms with Gasteiger partial charge in [-0.1, -0.05) is 78.6 Å². The number of hydrogen-bond donors (Lipinski definition) is 2. The van der Waals surface area contributed by atoms with Gasteiger partial charge in [-0.25, -0.2) is 4.39 Å². The largest absolute Gasteiger partial charge is 0.326 e. The standard InChI is InChI=1S/C14H20ClFN2.C6H5Br/c1-14(2,3)13-12(17)9(7-18-13)8-5-4-6-10(15)11(8)16;7-6-4-2-1-3-5-6/h4-6,9,12-13,18H,7,17H2,1-3H3;1-5H. The van der Waals surface area contributed by atoms with Crippen LogP contribution in [0.4, 0.5) is 4.39 Å². The molecule has 136 valence electrons. The molecule has 3 rings (SSSR count). The summed E-state index contributed by atoms with van der Waals surface area (Å²) >= 11 is 9.14. The third-order valence-electron chi connectivity index (χ3n) is 4.45. The summed E-state index contributed by atoms with van der Waals surface area (Å²) in [4.78, 5) is 0. The van der Waals surface area contributed by atoms with E-state index in [4.69, 9.17) is 17.3 Å². The number of nitrogens with two attached hydrogens (primary N) is 1. The molecule has 0 amide bonds. The van der Waals surface area contributed by atoms with Gasteiger partial charge < -0.3 is 11.1 Å². The lowest BCUT2D eigenvalue weighted by Crippen LogP contribution is -2.47. The summed E-state index contributed by atoms with van der Waals surface area (Å²) < 4.78 is 15.2. The summed E-state index contributed by atoms with van der Waals surface area (Å²) in [6, 6.07) is 15.2. The predicted octanol–water partition coefficient (Wildman–Crippen LogP) is 5.36. The number of rotatable bonds is 1. The van der Waals surface area contributed by atoms with Crippen LogP contribution in [0.3, 0.4) is 0 Å². The van der Waals surface area contributed by atoms with Gasteiger partial charge in [-0.15, -0.1) is 0 Å². The maximum absolute atomic E-state index is 14.0. The minimum atomic E-state index is -0.337. The van der Waals surface area contributed by atoms with Crippen LogP contribution in [0.25, 0.3) is 0 Å². The Morgan fingerprint density at radius 3 is 2.24 bits per heavy atom. The fraction of sp³-hybridized carbons (Fsp3) is 0.400. The van der Waals surface area contributed by atoms with Crippen molar-refractivity contribution in [1.29, 1.82) is 0 Å². The smallest absolute Gasteiger partial charge is 0.145 e. The lowest BCUT2D eigenvalue weighted by atomic mass is 9.80. The molecule has 5 heteroatoms. The van der Waals surface area contributed by atoms with Crippen LogP contribution in [-0.4, -0.2) is 18.6 Å². The Hall–Kier alpha value is -0.940. The van der Waals surface area contributed by atoms with Crippen LogP contribution in [0.1, 0.15) is 32.3 Å². The zero-order chi connectivity index (χ0) is 18.6. The van der Waals surface area contributed by atoms with Gasteiger partial charge in [0.05, 0.1) is 5.02 Å². The molecule has 0 aromatic heterocycles. The molecule has 0 bridgehead atoms. The maximum atomic E-state index is 14.0. The zero-order valence-corrected chi connectivity index (χ0v) is 17.1. The second-order valence-corrected chi connectivity index (χ2v) is 8.70. The van der Waals surface area contributed by atoms with E-state index in [2.05, 4.69) is 42.0 Å². The first kappa shape index (κ1) is 20.4. The van der Waals surface area contributed by atoms with E-state index in [1.807, 2.05) is 30.3 Å². The molecule has 1 fully saturated rings. The minimum Gasteiger partial charge on any atom is -0.326 e. The van der Waals surface area contributed by atoms with E-state index in [1.165, 1.54) is 0 Å². The number of nitrogens with one attached hydrogen (secondary N) is 1. The van der Waals surface area contributed by atoms with Gasteiger partial charge in [0.25, 0.3) is 0 Å². The van der Waals surface area contributed by atoms with Crippen molar-refractivity contribution in [2.45, 2.75) is 38.8 Å². The maximum Gasteiger partial charge on any atom is 0.145 e. The molecule has 3 N–H and O–H groups in total. The van der Waals surface area contributed by atoms with E-state index >= 15 is 0 Å². The van der Waals surface area contributed by atoms with Crippen molar-refractivity contribution in [3.05, 3.63) is 69.4 Å². The Morgan fingerprint density at radius 1 is 1.12 bits per heavy atom. The highest BCUT2D eigenvalue weighted by atomic mass is 79.9. The van der Waals surface area contributed by atoms with Crippen LogP contribution in [0, 0.1) is 11.2 Å². The van der Waals surface area contributed by atoms with Crippen LogP contribution >= 0.6 is 27.5 Å². The zero-order valence-electron chi connectivity index (χ0n) is 14.8. The summed E-state index contributed by atoms with van der Waals surface area (Å²) in [5, 5.41) is 3.57. The number of hydrogen-bond acceptors (Lipinski definition) is 2. The summed E-state index contributed by atoms with van der Waals surface area (Å²) in [7, 11) is 0. The molecule has 0 spiro atoms. The van der Waals surface area contributed by atoms with Gasteiger partial charge in [-0.2, -0.15) is 0 Å². The molecule has 3 atom stereocenters. The van der Waals surface area contributed by atoms with Crippen LogP contribution in [0.5, 0.6) is 0 Å². The fourth-order valence-corrected chi connectivity index (χ4v) is 3.67. The first-order valence-electron chi connectivity index (χ1n) is 8.35. The Balaban J connectivity index is 0.000000269. The Labute approximate surface area is 163 Å². The summed E-state index contributed by atoms with van der Waals surface area (Å²) in [6.07, 6.45) is 0. The molecule has 0 saturated carbocycles. The summed E-state index contributed by atoms with van der Waals surface area (Å²) in [5.41, 5.74) is 6.97. The van der Waals surface area contributed by atoms with Crippen molar-refractivity contribution in [3.63, 3.8) is 0 Å². The minimum absolute atomic E-state index is 0.0204. The normalized spacial score (nSPS) is 23.1. The second-order valence-electron chi connectivity index (χ2n) is 7.37. The first-order chi connectivity index (χ1) is 11.7. The van der Waals surface area contributed by atoms with Gasteiger partial charge in [0.15, 0.2) is 0 Å². The van der Waals surface area contributed by atoms with Crippen molar-refractivity contribution in [3.8, 4) is 0 Å². The lowest BCUT2D eigenvalue weighted by molar-refractivity contribution is 0.271. The molecule has 0 aliphatic carbocycles. The van der Waals surface area contributed by atoms with Crippen molar-refractivity contribution in [2.75, 3.05) is 6.54 Å². The van der Waals surface area contributed by atoms with Gasteiger partial charge in [-0.05, 0) is 29.2 Å². The van der Waals surface area contributed by atoms with Crippen molar-refractivity contribution < 1.29 is 4.39 Å². The molecule has 1 heterocycles. The van der Waals surface area contributed by atoms with Gasteiger partial charge in [0.1, 0.15) is 5.82 Å². The molecule has 2 aromatic rings. The van der Waals surface area contributed by atoms with E-state index in [1.54, 1.807) is 18.2 Å². The molecule has 2 aromatic carbocycles. The summed E-state index contributed by atoms with van der Waals surface area (Å²) in [5.74, 6) is -0.357. The summed E-state index contributed by atoms with van der Waals surface area (Å²) in [6.45, 7) is 7.12. The highest BCUT2D eigenvalue weighted by Gasteiger charge is 2.41. The topological polar surface area (TPSA) is 38.0 Å². The molecular weight excluding hydrogens is 403 g/mol. The van der Waals surface area contributed by atoms with Crippen LogP contribution in [0.15, 0.2) is 53.0 Å². The second kappa shape index (κ2) is 8.63. The Morgan fingerprint density at radius 2 is 1.76 bits per heavy atom. The molecule has 1 aliphatic rings. The average molecular weight is 428 g/mol. The van der Waals surface area contributed by atoms with Crippen LogP contribution < -0.4 is 11.1 Å². The SMILES string of the molecule is Brc1ccccc1.CC(C)(C)C1NCC(c2cccc(Cl)c2F)C1N. The van der Waals surface area contributed by atoms with Crippen molar-refractivity contribution in [2.24, 2.45) is 11.1 Å². The molecule has 3 unspecified atom stereocenters. The molecule has 1 aliphatic heterocycles. The van der Waals surface area contributed by atoms with Crippen LogP contribution in [-0.2, 0) is 0 Å². The molecule has 0 radical (unpaired) electrons. The van der Waals surface area contributed by atoms with Gasteiger partial charge >= 0.3 is 0 Å². The van der Waals surface area contributed by atoms with Crippen LogP contribution in [0.2, 0.25) is 5.02 Å². The molecular formula is C20H25BrClFN2. The molecule has 2 nitrogen and oxygen atoms in total. The Kier molecular flexibility index (Phi) is 7.03. The van der Waals surface area contributed by atoms with E-state index in [0.29, 0.717) is 12.1 Å². The molecule has 1 saturated heterocycles. The molecule has 25 heavy (non-hydrogen) atoms. The monoisotopic (exact) mass is 426 g/mol. The Bertz CT molecular complexity index is 688. The quantitative estimate of drug-likeness (QED) is 0.643. The van der Waals surface area contributed by atoms with E-state index in [-0.39, 0.29) is 34.3 Å². The first-order valence-corrected chi connectivity index (χ1v) is 9.52.